The topological polar surface area (TPSA) is 66.4 Å². The molecule has 2 atom stereocenters. The predicted molar refractivity (Wildman–Crippen MR) is 101 cm³/mol. The van der Waals surface area contributed by atoms with Crippen molar-refractivity contribution in [3.05, 3.63) is 64.7 Å². The molecular weight excluding hydrogens is 358 g/mol. The highest BCUT2D eigenvalue weighted by Crippen LogP contribution is 2.29. The number of benzene rings is 2. The Morgan fingerprint density at radius 1 is 1.04 bits per heavy atom. The van der Waals surface area contributed by atoms with Crippen molar-refractivity contribution in [1.82, 2.24) is 4.72 Å². The van der Waals surface area contributed by atoms with E-state index >= 15 is 0 Å². The lowest BCUT2D eigenvalue weighted by molar-refractivity contribution is 0.0839. The molecule has 0 unspecified atom stereocenters. The SMILES string of the molecule is Cc1ccc(S(=O)(=O)NC[C@@H](C(C)C)[C@H](O)c2ccc(Cl)cc2)cc1. The molecule has 136 valence electrons. The maximum absolute atomic E-state index is 12.5. The summed E-state index contributed by atoms with van der Waals surface area (Å²) in [6, 6.07) is 13.6. The summed E-state index contributed by atoms with van der Waals surface area (Å²) in [5.41, 5.74) is 1.72. The Bertz CT molecular complexity index is 786. The van der Waals surface area contributed by atoms with E-state index in [9.17, 15) is 13.5 Å². The van der Waals surface area contributed by atoms with Crippen molar-refractivity contribution in [2.75, 3.05) is 6.54 Å². The van der Waals surface area contributed by atoms with Gasteiger partial charge >= 0.3 is 0 Å². The smallest absolute Gasteiger partial charge is 0.240 e. The third-order valence-electron chi connectivity index (χ3n) is 4.31. The van der Waals surface area contributed by atoms with Crippen LogP contribution in [0.3, 0.4) is 0 Å². The lowest BCUT2D eigenvalue weighted by Crippen LogP contribution is -2.34. The van der Waals surface area contributed by atoms with Gasteiger partial charge in [-0.05, 0) is 42.7 Å². The van der Waals surface area contributed by atoms with Crippen molar-refractivity contribution >= 4 is 21.6 Å². The fourth-order valence-electron chi connectivity index (χ4n) is 2.63. The molecule has 0 aromatic heterocycles. The normalized spacial score (nSPS) is 14.5. The molecule has 0 amide bonds. The Labute approximate surface area is 154 Å². The molecule has 0 radical (unpaired) electrons. The molecule has 2 rings (SSSR count). The summed E-state index contributed by atoms with van der Waals surface area (Å²) in [5.74, 6) is -0.173. The molecule has 0 spiro atoms. The van der Waals surface area contributed by atoms with Crippen molar-refractivity contribution in [1.29, 1.82) is 0 Å². The predicted octanol–water partition coefficient (Wildman–Crippen LogP) is 3.93. The van der Waals surface area contributed by atoms with Crippen LogP contribution in [0.2, 0.25) is 5.02 Å². The molecule has 2 aromatic rings. The van der Waals surface area contributed by atoms with Gasteiger partial charge in [0.2, 0.25) is 10.0 Å². The number of aryl methyl sites for hydroxylation is 1. The number of hydrogen-bond acceptors (Lipinski definition) is 3. The number of rotatable bonds is 7. The molecule has 25 heavy (non-hydrogen) atoms. The largest absolute Gasteiger partial charge is 0.388 e. The average molecular weight is 382 g/mol. The second-order valence-electron chi connectivity index (χ2n) is 6.57. The van der Waals surface area contributed by atoms with Crippen LogP contribution in [0.1, 0.15) is 31.1 Å². The van der Waals surface area contributed by atoms with Crippen LogP contribution < -0.4 is 4.72 Å². The van der Waals surface area contributed by atoms with E-state index in [1.807, 2.05) is 20.8 Å². The van der Waals surface area contributed by atoms with E-state index in [2.05, 4.69) is 4.72 Å². The zero-order valence-corrected chi connectivity index (χ0v) is 16.2. The molecule has 0 aliphatic carbocycles. The van der Waals surface area contributed by atoms with Crippen molar-refractivity contribution in [3.63, 3.8) is 0 Å². The van der Waals surface area contributed by atoms with Gasteiger partial charge in [0, 0.05) is 17.5 Å². The van der Waals surface area contributed by atoms with Gasteiger partial charge in [-0.15, -0.1) is 0 Å². The summed E-state index contributed by atoms with van der Waals surface area (Å²) in [6.45, 7) is 5.98. The van der Waals surface area contributed by atoms with Gasteiger partial charge in [0.15, 0.2) is 0 Å². The van der Waals surface area contributed by atoms with Crippen LogP contribution in [0.4, 0.5) is 0 Å². The van der Waals surface area contributed by atoms with Gasteiger partial charge in [-0.3, -0.25) is 0 Å². The maximum Gasteiger partial charge on any atom is 0.240 e. The molecule has 6 heteroatoms. The van der Waals surface area contributed by atoms with Crippen molar-refractivity contribution < 1.29 is 13.5 Å². The first-order chi connectivity index (χ1) is 11.7. The van der Waals surface area contributed by atoms with E-state index in [0.29, 0.717) is 5.02 Å². The molecule has 2 aromatic carbocycles. The first-order valence-electron chi connectivity index (χ1n) is 8.20. The summed E-state index contributed by atoms with van der Waals surface area (Å²) in [5, 5.41) is 11.3. The molecule has 0 fully saturated rings. The molecule has 4 nitrogen and oxygen atoms in total. The zero-order valence-electron chi connectivity index (χ0n) is 14.6. The third-order valence-corrected chi connectivity index (χ3v) is 6.01. The highest BCUT2D eigenvalue weighted by Gasteiger charge is 2.26. The Balaban J connectivity index is 2.13. The minimum Gasteiger partial charge on any atom is -0.388 e. The second-order valence-corrected chi connectivity index (χ2v) is 8.77. The van der Waals surface area contributed by atoms with Crippen LogP contribution in [0.25, 0.3) is 0 Å². The number of aliphatic hydroxyl groups is 1. The standard InChI is InChI=1S/C19H24ClNO3S/c1-13(2)18(19(22)15-6-8-16(20)9-7-15)12-21-25(23,24)17-10-4-14(3)5-11-17/h4-11,13,18-19,21-22H,12H2,1-3H3/t18-,19+/m0/s1. The Kier molecular flexibility index (Phi) is 6.63. The molecule has 0 bridgehead atoms. The lowest BCUT2D eigenvalue weighted by atomic mass is 9.87. The van der Waals surface area contributed by atoms with Crippen molar-refractivity contribution in [2.45, 2.75) is 31.8 Å². The molecule has 2 N–H and O–H groups in total. The number of sulfonamides is 1. The Morgan fingerprint density at radius 2 is 1.60 bits per heavy atom. The van der Waals surface area contributed by atoms with Gasteiger partial charge in [0.1, 0.15) is 0 Å². The number of halogens is 1. The molecule has 0 saturated carbocycles. The quantitative estimate of drug-likeness (QED) is 0.763. The summed E-state index contributed by atoms with van der Waals surface area (Å²) in [6.07, 6.45) is -0.780. The third kappa shape index (κ3) is 5.28. The zero-order chi connectivity index (χ0) is 18.6. The highest BCUT2D eigenvalue weighted by atomic mass is 35.5. The maximum atomic E-state index is 12.5. The number of aliphatic hydroxyl groups excluding tert-OH is 1. The fraction of sp³-hybridized carbons (Fsp3) is 0.368. The monoisotopic (exact) mass is 381 g/mol. The molecular formula is C19H24ClNO3S. The van der Waals surface area contributed by atoms with Crippen LogP contribution >= 0.6 is 11.6 Å². The minimum absolute atomic E-state index is 0.0893. The van der Waals surface area contributed by atoms with E-state index in [1.54, 1.807) is 48.5 Å². The van der Waals surface area contributed by atoms with Crippen LogP contribution in [0.15, 0.2) is 53.4 Å². The van der Waals surface area contributed by atoms with Gasteiger partial charge in [0.25, 0.3) is 0 Å². The molecule has 0 saturated heterocycles. The first kappa shape index (κ1) is 19.9. The van der Waals surface area contributed by atoms with Gasteiger partial charge in [-0.2, -0.15) is 0 Å². The summed E-state index contributed by atoms with van der Waals surface area (Å²) < 4.78 is 27.6. The van der Waals surface area contributed by atoms with Gasteiger partial charge < -0.3 is 5.11 Å². The van der Waals surface area contributed by atoms with Crippen LogP contribution in [-0.2, 0) is 10.0 Å². The number of hydrogen-bond donors (Lipinski definition) is 2. The van der Waals surface area contributed by atoms with E-state index < -0.39 is 16.1 Å². The number of nitrogens with one attached hydrogen (secondary N) is 1. The Hall–Kier alpha value is -1.40. The minimum atomic E-state index is -3.61. The van der Waals surface area contributed by atoms with E-state index in [0.717, 1.165) is 11.1 Å². The van der Waals surface area contributed by atoms with Gasteiger partial charge in [0.05, 0.1) is 11.0 Å². The van der Waals surface area contributed by atoms with Crippen LogP contribution in [0, 0.1) is 18.8 Å². The van der Waals surface area contributed by atoms with E-state index in [4.69, 9.17) is 11.6 Å². The van der Waals surface area contributed by atoms with Crippen LogP contribution in [0.5, 0.6) is 0 Å². The molecule has 0 aliphatic heterocycles. The van der Waals surface area contributed by atoms with E-state index in [1.165, 1.54) is 0 Å². The summed E-state index contributed by atoms with van der Waals surface area (Å²) in [7, 11) is -3.61. The van der Waals surface area contributed by atoms with E-state index in [-0.39, 0.29) is 23.3 Å². The average Bonchev–Trinajstić information content (AvgIpc) is 2.55. The first-order valence-corrected chi connectivity index (χ1v) is 10.1. The lowest BCUT2D eigenvalue weighted by Gasteiger charge is -2.27. The molecule has 0 aliphatic rings. The molecule has 0 heterocycles. The van der Waals surface area contributed by atoms with Crippen LogP contribution in [-0.4, -0.2) is 20.1 Å². The van der Waals surface area contributed by atoms with Gasteiger partial charge in [-0.25, -0.2) is 13.1 Å². The fourth-order valence-corrected chi connectivity index (χ4v) is 3.82. The summed E-state index contributed by atoms with van der Waals surface area (Å²) >= 11 is 5.89. The highest BCUT2D eigenvalue weighted by molar-refractivity contribution is 7.89. The second kappa shape index (κ2) is 8.32. The van der Waals surface area contributed by atoms with Gasteiger partial charge in [-0.1, -0.05) is 55.3 Å². The Morgan fingerprint density at radius 3 is 2.12 bits per heavy atom. The van der Waals surface area contributed by atoms with Crippen molar-refractivity contribution in [2.24, 2.45) is 11.8 Å². The summed E-state index contributed by atoms with van der Waals surface area (Å²) in [4.78, 5) is 0.224. The van der Waals surface area contributed by atoms with Crippen molar-refractivity contribution in [3.8, 4) is 0 Å².